The molecule has 0 atom stereocenters. The van der Waals surface area contributed by atoms with Crippen molar-refractivity contribution in [1.82, 2.24) is 9.78 Å². The van der Waals surface area contributed by atoms with Gasteiger partial charge in [0.15, 0.2) is 5.11 Å². The average Bonchev–Trinajstić information content (AvgIpc) is 3.42. The molecule has 0 fully saturated rings. The molecule has 9 heteroatoms. The minimum atomic E-state index is -0.393. The SMILES string of the molecule is CCOC(=O)c1cc(Cc2ccccc2)sc1NC(=S)Nc1cnn(Cc2ccc(F)cc2)c1. The lowest BCUT2D eigenvalue weighted by molar-refractivity contribution is 0.0528. The van der Waals surface area contributed by atoms with E-state index >= 15 is 0 Å². The summed E-state index contributed by atoms with van der Waals surface area (Å²) >= 11 is 6.94. The molecule has 4 aromatic rings. The summed E-state index contributed by atoms with van der Waals surface area (Å²) in [6.45, 7) is 2.57. The fourth-order valence-corrected chi connectivity index (χ4v) is 4.70. The predicted octanol–water partition coefficient (Wildman–Crippen LogP) is 5.71. The Balaban J connectivity index is 1.43. The summed E-state index contributed by atoms with van der Waals surface area (Å²) in [6.07, 6.45) is 4.16. The van der Waals surface area contributed by atoms with Crippen LogP contribution in [0.1, 0.15) is 33.3 Å². The van der Waals surface area contributed by atoms with Crippen molar-refractivity contribution in [3.63, 3.8) is 0 Å². The highest BCUT2D eigenvalue weighted by atomic mass is 32.1. The van der Waals surface area contributed by atoms with Gasteiger partial charge in [0, 0.05) is 17.5 Å². The van der Waals surface area contributed by atoms with E-state index < -0.39 is 5.97 Å². The lowest BCUT2D eigenvalue weighted by Crippen LogP contribution is -2.19. The average molecular weight is 495 g/mol. The summed E-state index contributed by atoms with van der Waals surface area (Å²) in [7, 11) is 0. The third kappa shape index (κ3) is 6.27. The third-order valence-electron chi connectivity index (χ3n) is 4.88. The quantitative estimate of drug-likeness (QED) is 0.242. The first-order chi connectivity index (χ1) is 16.5. The number of aromatic nitrogens is 2. The van der Waals surface area contributed by atoms with Crippen molar-refractivity contribution in [2.45, 2.75) is 19.9 Å². The van der Waals surface area contributed by atoms with Gasteiger partial charge in [-0.25, -0.2) is 9.18 Å². The number of carbonyl (C=O) groups excluding carboxylic acids is 1. The van der Waals surface area contributed by atoms with Crippen molar-refractivity contribution in [3.8, 4) is 0 Å². The molecule has 0 radical (unpaired) electrons. The molecule has 0 aliphatic heterocycles. The number of benzene rings is 2. The van der Waals surface area contributed by atoms with Crippen molar-refractivity contribution in [2.24, 2.45) is 0 Å². The van der Waals surface area contributed by atoms with Gasteiger partial charge >= 0.3 is 5.97 Å². The van der Waals surface area contributed by atoms with E-state index in [1.165, 1.54) is 23.5 Å². The number of esters is 1. The van der Waals surface area contributed by atoms with Crippen molar-refractivity contribution in [3.05, 3.63) is 100 Å². The second-order valence-electron chi connectivity index (χ2n) is 7.47. The number of hydrogen-bond donors (Lipinski definition) is 2. The maximum absolute atomic E-state index is 13.1. The van der Waals surface area contributed by atoms with Gasteiger partial charge in [0.05, 0.1) is 30.6 Å². The topological polar surface area (TPSA) is 68.2 Å². The van der Waals surface area contributed by atoms with Gasteiger partial charge < -0.3 is 15.4 Å². The number of thiocarbonyl (C=S) groups is 1. The Kier molecular flexibility index (Phi) is 7.66. The molecule has 2 N–H and O–H groups in total. The van der Waals surface area contributed by atoms with E-state index in [9.17, 15) is 9.18 Å². The van der Waals surface area contributed by atoms with E-state index in [4.69, 9.17) is 17.0 Å². The Labute approximate surface area is 206 Å². The second-order valence-corrected chi connectivity index (χ2v) is 9.02. The number of anilines is 2. The Morgan fingerprint density at radius 3 is 2.62 bits per heavy atom. The molecule has 2 aromatic carbocycles. The molecule has 0 bridgehead atoms. The summed E-state index contributed by atoms with van der Waals surface area (Å²) in [5.74, 6) is -0.666. The Bertz CT molecular complexity index is 1270. The van der Waals surface area contributed by atoms with Crippen LogP contribution < -0.4 is 10.6 Å². The van der Waals surface area contributed by atoms with Crippen LogP contribution in [0.3, 0.4) is 0 Å². The van der Waals surface area contributed by atoms with Gasteiger partial charge in [-0.05, 0) is 48.5 Å². The predicted molar refractivity (Wildman–Crippen MR) is 137 cm³/mol. The first kappa shape index (κ1) is 23.6. The van der Waals surface area contributed by atoms with Crippen LogP contribution in [0.4, 0.5) is 15.1 Å². The van der Waals surface area contributed by atoms with Crippen molar-refractivity contribution in [2.75, 3.05) is 17.2 Å². The van der Waals surface area contributed by atoms with Crippen molar-refractivity contribution < 1.29 is 13.9 Å². The molecule has 2 heterocycles. The van der Waals surface area contributed by atoms with E-state index in [2.05, 4.69) is 15.7 Å². The van der Waals surface area contributed by atoms with Crippen LogP contribution in [0, 0.1) is 5.82 Å². The molecule has 0 unspecified atom stereocenters. The number of rotatable bonds is 8. The highest BCUT2D eigenvalue weighted by Gasteiger charge is 2.18. The Morgan fingerprint density at radius 2 is 1.88 bits per heavy atom. The molecule has 0 aliphatic rings. The second kappa shape index (κ2) is 11.0. The molecule has 2 aromatic heterocycles. The van der Waals surface area contributed by atoms with Crippen LogP contribution in [-0.2, 0) is 17.7 Å². The number of ether oxygens (including phenoxy) is 1. The lowest BCUT2D eigenvalue weighted by Gasteiger charge is -2.09. The van der Waals surface area contributed by atoms with E-state index in [0.717, 1.165) is 16.0 Å². The van der Waals surface area contributed by atoms with Crippen LogP contribution in [-0.4, -0.2) is 27.5 Å². The van der Waals surface area contributed by atoms with Crippen molar-refractivity contribution in [1.29, 1.82) is 0 Å². The molecule has 0 saturated carbocycles. The van der Waals surface area contributed by atoms with Gasteiger partial charge in [0.1, 0.15) is 10.8 Å². The summed E-state index contributed by atoms with van der Waals surface area (Å²) in [5.41, 5.74) is 3.23. The zero-order valence-electron chi connectivity index (χ0n) is 18.5. The zero-order chi connectivity index (χ0) is 23.9. The summed E-state index contributed by atoms with van der Waals surface area (Å²) in [5, 5.41) is 11.5. The fraction of sp³-hybridized carbons (Fsp3) is 0.160. The largest absolute Gasteiger partial charge is 0.462 e. The van der Waals surface area contributed by atoms with Crippen LogP contribution in [0.5, 0.6) is 0 Å². The van der Waals surface area contributed by atoms with Gasteiger partial charge in [-0.2, -0.15) is 5.10 Å². The highest BCUT2D eigenvalue weighted by molar-refractivity contribution is 7.80. The molecule has 174 valence electrons. The van der Waals surface area contributed by atoms with E-state index in [1.807, 2.05) is 36.4 Å². The molecular formula is C25H23FN4O2S2. The van der Waals surface area contributed by atoms with Crippen molar-refractivity contribution >= 4 is 45.3 Å². The molecule has 0 amide bonds. The maximum atomic E-state index is 13.1. The van der Waals surface area contributed by atoms with Gasteiger partial charge in [0.2, 0.25) is 0 Å². The van der Waals surface area contributed by atoms with Gasteiger partial charge in [0.25, 0.3) is 0 Å². The summed E-state index contributed by atoms with van der Waals surface area (Å²) in [4.78, 5) is 13.5. The standard InChI is InChI=1S/C25H23FN4O2S2/c1-2-32-24(31)22-13-21(12-17-6-4-3-5-7-17)34-23(22)29-25(33)28-20-14-27-30(16-20)15-18-8-10-19(26)11-9-18/h3-11,13-14,16H,2,12,15H2,1H3,(H2,28,29,33). The molecule has 4 rings (SSSR count). The third-order valence-corrected chi connectivity index (χ3v) is 6.13. The van der Waals surface area contributed by atoms with Crippen LogP contribution >= 0.6 is 23.6 Å². The minimum Gasteiger partial charge on any atom is -0.462 e. The molecule has 6 nitrogen and oxygen atoms in total. The normalized spacial score (nSPS) is 10.6. The Morgan fingerprint density at radius 1 is 1.12 bits per heavy atom. The summed E-state index contributed by atoms with van der Waals surface area (Å²) in [6, 6.07) is 18.2. The van der Waals surface area contributed by atoms with Crippen LogP contribution in [0.15, 0.2) is 73.1 Å². The smallest absolute Gasteiger partial charge is 0.341 e. The number of nitrogens with zero attached hydrogens (tertiary/aromatic N) is 2. The Hall–Kier alpha value is -3.56. The van der Waals surface area contributed by atoms with E-state index in [-0.39, 0.29) is 12.4 Å². The molecular weight excluding hydrogens is 471 g/mol. The van der Waals surface area contributed by atoms with E-state index in [1.54, 1.807) is 36.1 Å². The fourth-order valence-electron chi connectivity index (χ4n) is 3.34. The maximum Gasteiger partial charge on any atom is 0.341 e. The number of nitrogens with one attached hydrogen (secondary N) is 2. The monoisotopic (exact) mass is 494 g/mol. The number of carbonyl (C=O) groups is 1. The molecule has 34 heavy (non-hydrogen) atoms. The highest BCUT2D eigenvalue weighted by Crippen LogP contribution is 2.31. The first-order valence-corrected chi connectivity index (χ1v) is 11.9. The van der Waals surface area contributed by atoms with Gasteiger partial charge in [-0.1, -0.05) is 42.5 Å². The lowest BCUT2D eigenvalue weighted by atomic mass is 10.1. The van der Waals surface area contributed by atoms with E-state index in [0.29, 0.717) is 34.3 Å². The number of halogens is 1. The van der Waals surface area contributed by atoms with Gasteiger partial charge in [-0.3, -0.25) is 4.68 Å². The van der Waals surface area contributed by atoms with Gasteiger partial charge in [-0.15, -0.1) is 11.3 Å². The summed E-state index contributed by atoms with van der Waals surface area (Å²) < 4.78 is 20.1. The first-order valence-electron chi connectivity index (χ1n) is 10.7. The molecule has 0 spiro atoms. The zero-order valence-corrected chi connectivity index (χ0v) is 20.1. The minimum absolute atomic E-state index is 0.273. The van der Waals surface area contributed by atoms with Crippen LogP contribution in [0.25, 0.3) is 0 Å². The number of thiophene rings is 1. The molecule has 0 aliphatic carbocycles. The number of hydrogen-bond acceptors (Lipinski definition) is 5. The van der Waals surface area contributed by atoms with Crippen LogP contribution in [0.2, 0.25) is 0 Å². The molecule has 0 saturated heterocycles.